The molecule has 0 N–H and O–H groups in total. The highest BCUT2D eigenvalue weighted by Gasteiger charge is 2.51. The zero-order valence-corrected chi connectivity index (χ0v) is 12.7. The summed E-state index contributed by atoms with van der Waals surface area (Å²) in [6.07, 6.45) is 11.5. The zero-order valence-electron chi connectivity index (χ0n) is 11.1. The molecule has 5 rings (SSSR count). The van der Waals surface area contributed by atoms with Gasteiger partial charge in [-0.25, -0.2) is 0 Å². The topological polar surface area (TPSA) is 17.1 Å². The van der Waals surface area contributed by atoms with Crippen LogP contribution in [-0.4, -0.2) is 20.3 Å². The van der Waals surface area contributed by atoms with Crippen molar-refractivity contribution >= 4 is 22.6 Å². The molecule has 3 heteroatoms. The SMILES string of the molecule is O=S1CCCS[C@@H]1CC12CC3CC(CC(C3)C1)C2. The average molecular weight is 284 g/mol. The summed E-state index contributed by atoms with van der Waals surface area (Å²) in [5.41, 5.74) is 0.624. The second-order valence-electron chi connectivity index (χ2n) is 7.36. The first kappa shape index (κ1) is 12.3. The molecular formula is C15H24OS2. The normalized spacial score (nSPS) is 54.8. The van der Waals surface area contributed by atoms with Crippen molar-refractivity contribution in [2.75, 3.05) is 11.5 Å². The van der Waals surface area contributed by atoms with Gasteiger partial charge in [0.2, 0.25) is 0 Å². The lowest BCUT2D eigenvalue weighted by Crippen LogP contribution is -2.47. The number of hydrogen-bond donors (Lipinski definition) is 0. The van der Waals surface area contributed by atoms with E-state index in [4.69, 9.17) is 0 Å². The van der Waals surface area contributed by atoms with Crippen molar-refractivity contribution in [3.8, 4) is 0 Å². The molecule has 2 atom stereocenters. The van der Waals surface area contributed by atoms with E-state index < -0.39 is 10.8 Å². The molecule has 4 bridgehead atoms. The van der Waals surface area contributed by atoms with Crippen molar-refractivity contribution in [2.45, 2.75) is 55.9 Å². The van der Waals surface area contributed by atoms with Crippen LogP contribution in [0.4, 0.5) is 0 Å². The molecule has 0 amide bonds. The summed E-state index contributed by atoms with van der Waals surface area (Å²) in [4.78, 5) is 0. The van der Waals surface area contributed by atoms with Gasteiger partial charge in [-0.3, -0.25) is 4.21 Å². The van der Waals surface area contributed by atoms with Crippen LogP contribution in [-0.2, 0) is 10.8 Å². The Labute approximate surface area is 117 Å². The Hall–Kier alpha value is 0.500. The quantitative estimate of drug-likeness (QED) is 0.767. The monoisotopic (exact) mass is 284 g/mol. The van der Waals surface area contributed by atoms with Crippen LogP contribution in [0.2, 0.25) is 0 Å². The van der Waals surface area contributed by atoms with E-state index in [0.29, 0.717) is 10.00 Å². The van der Waals surface area contributed by atoms with E-state index in [2.05, 4.69) is 0 Å². The van der Waals surface area contributed by atoms with Crippen LogP contribution in [0.15, 0.2) is 0 Å². The fourth-order valence-corrected chi connectivity index (χ4v) is 9.31. The van der Waals surface area contributed by atoms with Gasteiger partial charge in [-0.05, 0) is 80.3 Å². The molecule has 0 radical (unpaired) electrons. The van der Waals surface area contributed by atoms with E-state index in [1.54, 1.807) is 0 Å². The van der Waals surface area contributed by atoms with Crippen LogP contribution in [0.25, 0.3) is 0 Å². The Morgan fingerprint density at radius 1 is 1.06 bits per heavy atom. The molecule has 4 saturated carbocycles. The van der Waals surface area contributed by atoms with Crippen LogP contribution in [0.1, 0.15) is 51.4 Å². The van der Waals surface area contributed by atoms with Gasteiger partial charge < -0.3 is 0 Å². The molecule has 18 heavy (non-hydrogen) atoms. The maximum absolute atomic E-state index is 12.2. The van der Waals surface area contributed by atoms with Gasteiger partial charge in [0.15, 0.2) is 0 Å². The summed E-state index contributed by atoms with van der Waals surface area (Å²) >= 11 is 2.02. The fourth-order valence-electron chi connectivity index (χ4n) is 5.67. The van der Waals surface area contributed by atoms with E-state index in [1.165, 1.54) is 57.1 Å². The lowest BCUT2D eigenvalue weighted by Gasteiger charge is -2.57. The van der Waals surface area contributed by atoms with Crippen molar-refractivity contribution in [3.05, 3.63) is 0 Å². The van der Waals surface area contributed by atoms with Crippen molar-refractivity contribution in [3.63, 3.8) is 0 Å². The molecule has 1 aliphatic heterocycles. The first-order valence-corrected chi connectivity index (χ1v) is 10.1. The smallest absolute Gasteiger partial charge is 0.0806 e. The van der Waals surface area contributed by atoms with Crippen LogP contribution in [0.3, 0.4) is 0 Å². The molecule has 1 unspecified atom stereocenters. The van der Waals surface area contributed by atoms with Gasteiger partial charge in [0.25, 0.3) is 0 Å². The molecule has 5 fully saturated rings. The molecule has 0 spiro atoms. The number of rotatable bonds is 2. The Kier molecular flexibility index (Phi) is 3.07. The van der Waals surface area contributed by atoms with E-state index in [1.807, 2.05) is 11.8 Å². The van der Waals surface area contributed by atoms with Gasteiger partial charge in [0.05, 0.1) is 4.58 Å². The van der Waals surface area contributed by atoms with Crippen molar-refractivity contribution in [1.82, 2.24) is 0 Å². The van der Waals surface area contributed by atoms with Crippen LogP contribution >= 0.6 is 11.8 Å². The molecule has 1 saturated heterocycles. The number of thioether (sulfide) groups is 1. The predicted molar refractivity (Wildman–Crippen MR) is 79.1 cm³/mol. The Balaban J connectivity index is 1.51. The van der Waals surface area contributed by atoms with Gasteiger partial charge in [0.1, 0.15) is 0 Å². The molecule has 102 valence electrons. The Bertz CT molecular complexity index is 330. The van der Waals surface area contributed by atoms with Crippen LogP contribution < -0.4 is 0 Å². The molecule has 1 heterocycles. The van der Waals surface area contributed by atoms with Crippen LogP contribution in [0.5, 0.6) is 0 Å². The summed E-state index contributed by atoms with van der Waals surface area (Å²) in [5, 5.41) is 0. The van der Waals surface area contributed by atoms with Crippen molar-refractivity contribution in [1.29, 1.82) is 0 Å². The molecule has 5 aliphatic rings. The summed E-state index contributed by atoms with van der Waals surface area (Å²) in [6, 6.07) is 0. The minimum atomic E-state index is -0.528. The maximum atomic E-state index is 12.2. The number of hydrogen-bond acceptors (Lipinski definition) is 2. The first-order chi connectivity index (χ1) is 8.72. The van der Waals surface area contributed by atoms with Crippen molar-refractivity contribution in [2.24, 2.45) is 23.2 Å². The minimum absolute atomic E-state index is 0.481. The third kappa shape index (κ3) is 2.09. The highest BCUT2D eigenvalue weighted by atomic mass is 32.2. The molecule has 1 nitrogen and oxygen atoms in total. The van der Waals surface area contributed by atoms with Gasteiger partial charge in [-0.1, -0.05) is 0 Å². The largest absolute Gasteiger partial charge is 0.258 e. The Morgan fingerprint density at radius 2 is 1.67 bits per heavy atom. The highest BCUT2D eigenvalue weighted by Crippen LogP contribution is 2.62. The molecular weight excluding hydrogens is 260 g/mol. The maximum Gasteiger partial charge on any atom is 0.0806 e. The third-order valence-corrected chi connectivity index (χ3v) is 9.41. The second kappa shape index (κ2) is 4.51. The van der Waals surface area contributed by atoms with Gasteiger partial charge in [0, 0.05) is 16.6 Å². The summed E-state index contributed by atoms with van der Waals surface area (Å²) in [7, 11) is -0.528. The zero-order chi connectivity index (χ0) is 12.2. The summed E-state index contributed by atoms with van der Waals surface area (Å²) in [5.74, 6) is 5.35. The molecule has 0 aromatic carbocycles. The van der Waals surface area contributed by atoms with Crippen LogP contribution in [0, 0.1) is 23.2 Å². The summed E-state index contributed by atoms with van der Waals surface area (Å²) < 4.78 is 12.7. The lowest BCUT2D eigenvalue weighted by atomic mass is 9.49. The van der Waals surface area contributed by atoms with E-state index in [0.717, 1.165) is 23.5 Å². The van der Waals surface area contributed by atoms with E-state index in [9.17, 15) is 4.21 Å². The van der Waals surface area contributed by atoms with Gasteiger partial charge in [-0.15, -0.1) is 11.8 Å². The first-order valence-electron chi connectivity index (χ1n) is 7.71. The van der Waals surface area contributed by atoms with Crippen molar-refractivity contribution < 1.29 is 4.21 Å². The standard InChI is InChI=1S/C15H24OS2/c16-18-3-1-2-17-14(18)10-15-7-11-4-12(8-15)6-13(5-11)9-15/h11-14H,1-10H2/t11?,12?,13?,14-,15?,18?/m0/s1. The summed E-state index contributed by atoms with van der Waals surface area (Å²) in [6.45, 7) is 0. The fraction of sp³-hybridized carbons (Fsp3) is 1.00. The predicted octanol–water partition coefficient (Wildman–Crippen LogP) is 3.80. The Morgan fingerprint density at radius 3 is 2.22 bits per heavy atom. The second-order valence-corrected chi connectivity index (χ2v) is 10.7. The van der Waals surface area contributed by atoms with Gasteiger partial charge in [-0.2, -0.15) is 0 Å². The molecule has 4 aliphatic carbocycles. The average Bonchev–Trinajstić information content (AvgIpc) is 2.30. The van der Waals surface area contributed by atoms with E-state index >= 15 is 0 Å². The van der Waals surface area contributed by atoms with Gasteiger partial charge >= 0.3 is 0 Å². The lowest BCUT2D eigenvalue weighted by molar-refractivity contribution is -0.0549. The molecule has 0 aromatic heterocycles. The minimum Gasteiger partial charge on any atom is -0.258 e. The third-order valence-electron chi connectivity index (χ3n) is 5.85. The molecule has 0 aromatic rings. The highest BCUT2D eigenvalue weighted by molar-refractivity contribution is 8.11. The van der Waals surface area contributed by atoms with E-state index in [-0.39, 0.29) is 0 Å².